The van der Waals surface area contributed by atoms with Crippen molar-refractivity contribution < 1.29 is 14.7 Å². The first kappa shape index (κ1) is 15.8. The van der Waals surface area contributed by atoms with Gasteiger partial charge in [-0.2, -0.15) is 10.2 Å². The summed E-state index contributed by atoms with van der Waals surface area (Å²) in [4.78, 5) is 46.4. The molecule has 1 aromatic heterocycles. The Bertz CT molecular complexity index is 865. The van der Waals surface area contributed by atoms with E-state index in [1.54, 1.807) is 0 Å². The van der Waals surface area contributed by atoms with Crippen LogP contribution in [0.4, 0.5) is 0 Å². The van der Waals surface area contributed by atoms with Gasteiger partial charge in [0.15, 0.2) is 0 Å². The lowest BCUT2D eigenvalue weighted by molar-refractivity contribution is -0.120. The van der Waals surface area contributed by atoms with Gasteiger partial charge in [0.05, 0.1) is 18.2 Å². The molecule has 0 saturated carbocycles. The molecular formula is C13H11N5O5. The van der Waals surface area contributed by atoms with E-state index in [4.69, 9.17) is 5.11 Å². The molecule has 0 radical (unpaired) electrons. The van der Waals surface area contributed by atoms with Crippen LogP contribution >= 0.6 is 0 Å². The highest BCUT2D eigenvalue weighted by atomic mass is 16.4. The summed E-state index contributed by atoms with van der Waals surface area (Å²) in [6, 6.07) is 5.84. The number of aromatic carboxylic acids is 1. The van der Waals surface area contributed by atoms with Crippen molar-refractivity contribution in [2.24, 2.45) is 5.10 Å². The van der Waals surface area contributed by atoms with Gasteiger partial charge in [-0.3, -0.25) is 14.6 Å². The fraction of sp³-hybridized carbons (Fsp3) is 0.0769. The first-order chi connectivity index (χ1) is 11.0. The Labute approximate surface area is 127 Å². The molecule has 0 bridgehead atoms. The van der Waals surface area contributed by atoms with Crippen LogP contribution in [0.5, 0.6) is 0 Å². The van der Waals surface area contributed by atoms with Crippen LogP contribution in [0.25, 0.3) is 0 Å². The van der Waals surface area contributed by atoms with Crippen LogP contribution in [0.15, 0.2) is 39.0 Å². The fourth-order valence-corrected chi connectivity index (χ4v) is 1.57. The Balaban J connectivity index is 1.94. The third-order valence-electron chi connectivity index (χ3n) is 2.67. The molecule has 0 aliphatic carbocycles. The fourth-order valence-electron chi connectivity index (χ4n) is 1.57. The smallest absolute Gasteiger partial charge is 0.342 e. The maximum Gasteiger partial charge on any atom is 0.342 e. The number of aromatic amines is 2. The zero-order chi connectivity index (χ0) is 16.8. The SMILES string of the molecule is O=C(Cc1n[nH]c(=O)[nH]c1=O)N/N=C\c1ccc(C(=O)O)cc1. The maximum absolute atomic E-state index is 11.6. The second kappa shape index (κ2) is 6.93. The van der Waals surface area contributed by atoms with Gasteiger partial charge in [-0.15, -0.1) is 0 Å². The van der Waals surface area contributed by atoms with Gasteiger partial charge in [0.25, 0.3) is 5.56 Å². The number of carboxylic acid groups (broad SMARTS) is 1. The summed E-state index contributed by atoms with van der Waals surface area (Å²) in [7, 11) is 0. The summed E-state index contributed by atoms with van der Waals surface area (Å²) >= 11 is 0. The van der Waals surface area contributed by atoms with Crippen LogP contribution in [0.1, 0.15) is 21.6 Å². The number of amides is 1. The van der Waals surface area contributed by atoms with Gasteiger partial charge in [-0.05, 0) is 17.7 Å². The van der Waals surface area contributed by atoms with E-state index < -0.39 is 23.1 Å². The molecule has 0 fully saturated rings. The lowest BCUT2D eigenvalue weighted by Crippen LogP contribution is -2.31. The van der Waals surface area contributed by atoms with Gasteiger partial charge in [0.1, 0.15) is 5.69 Å². The van der Waals surface area contributed by atoms with Crippen molar-refractivity contribution in [1.29, 1.82) is 0 Å². The van der Waals surface area contributed by atoms with Crippen molar-refractivity contribution in [2.75, 3.05) is 0 Å². The number of rotatable bonds is 5. The summed E-state index contributed by atoms with van der Waals surface area (Å²) in [5.41, 5.74) is 1.24. The van der Waals surface area contributed by atoms with Crippen LogP contribution in [0, 0.1) is 0 Å². The summed E-state index contributed by atoms with van der Waals surface area (Å²) in [5, 5.41) is 17.9. The normalized spacial score (nSPS) is 10.6. The molecule has 10 nitrogen and oxygen atoms in total. The highest BCUT2D eigenvalue weighted by molar-refractivity contribution is 5.89. The Kier molecular flexibility index (Phi) is 4.77. The molecule has 0 saturated heterocycles. The van der Waals surface area contributed by atoms with E-state index in [1.807, 2.05) is 10.1 Å². The van der Waals surface area contributed by atoms with Crippen molar-refractivity contribution >= 4 is 18.1 Å². The number of hydrogen-bond donors (Lipinski definition) is 4. The van der Waals surface area contributed by atoms with Crippen molar-refractivity contribution in [2.45, 2.75) is 6.42 Å². The Morgan fingerprint density at radius 1 is 1.26 bits per heavy atom. The van der Waals surface area contributed by atoms with E-state index in [2.05, 4.69) is 15.6 Å². The van der Waals surface area contributed by atoms with E-state index in [0.29, 0.717) is 5.56 Å². The number of hydrogen-bond acceptors (Lipinski definition) is 6. The molecule has 0 spiro atoms. The second-order valence-corrected chi connectivity index (χ2v) is 4.35. The van der Waals surface area contributed by atoms with Crippen LogP contribution in [-0.2, 0) is 11.2 Å². The third kappa shape index (κ3) is 4.46. The van der Waals surface area contributed by atoms with Crippen molar-refractivity contribution in [3.05, 3.63) is 61.9 Å². The van der Waals surface area contributed by atoms with Gasteiger partial charge >= 0.3 is 11.7 Å². The molecule has 2 rings (SSSR count). The first-order valence-corrected chi connectivity index (χ1v) is 6.29. The predicted molar refractivity (Wildman–Crippen MR) is 78.3 cm³/mol. The van der Waals surface area contributed by atoms with Gasteiger partial charge in [-0.25, -0.2) is 20.1 Å². The van der Waals surface area contributed by atoms with Gasteiger partial charge in [0, 0.05) is 0 Å². The summed E-state index contributed by atoms with van der Waals surface area (Å²) in [5.74, 6) is -1.64. The molecule has 1 amide bonds. The van der Waals surface area contributed by atoms with Crippen molar-refractivity contribution in [1.82, 2.24) is 20.6 Å². The minimum absolute atomic E-state index is 0.134. The number of carboxylic acids is 1. The largest absolute Gasteiger partial charge is 0.478 e. The number of aromatic nitrogens is 3. The zero-order valence-electron chi connectivity index (χ0n) is 11.6. The third-order valence-corrected chi connectivity index (χ3v) is 2.67. The molecule has 23 heavy (non-hydrogen) atoms. The molecule has 2 aromatic rings. The molecule has 118 valence electrons. The number of hydrazone groups is 1. The number of nitrogens with one attached hydrogen (secondary N) is 3. The van der Waals surface area contributed by atoms with E-state index >= 15 is 0 Å². The average molecular weight is 317 g/mol. The molecule has 0 atom stereocenters. The number of carbonyl (C=O) groups excluding carboxylic acids is 1. The molecular weight excluding hydrogens is 306 g/mol. The Hall–Kier alpha value is -3.56. The van der Waals surface area contributed by atoms with E-state index in [-0.39, 0.29) is 17.7 Å². The monoisotopic (exact) mass is 317 g/mol. The number of benzene rings is 1. The quantitative estimate of drug-likeness (QED) is 0.402. The van der Waals surface area contributed by atoms with E-state index in [9.17, 15) is 19.2 Å². The molecule has 0 aliphatic rings. The van der Waals surface area contributed by atoms with Crippen LogP contribution < -0.4 is 16.7 Å². The minimum atomic E-state index is -1.04. The predicted octanol–water partition coefficient (Wildman–Crippen LogP) is -1.15. The highest BCUT2D eigenvalue weighted by Crippen LogP contribution is 2.02. The topological polar surface area (TPSA) is 157 Å². The Morgan fingerprint density at radius 2 is 1.96 bits per heavy atom. The summed E-state index contributed by atoms with van der Waals surface area (Å²) in [6.45, 7) is 0. The van der Waals surface area contributed by atoms with Crippen molar-refractivity contribution in [3.63, 3.8) is 0 Å². The molecule has 0 unspecified atom stereocenters. The Morgan fingerprint density at radius 3 is 2.57 bits per heavy atom. The van der Waals surface area contributed by atoms with Gasteiger partial charge in [-0.1, -0.05) is 12.1 Å². The highest BCUT2D eigenvalue weighted by Gasteiger charge is 2.08. The molecule has 0 aliphatic heterocycles. The molecule has 1 aromatic carbocycles. The van der Waals surface area contributed by atoms with Crippen molar-refractivity contribution in [3.8, 4) is 0 Å². The van der Waals surface area contributed by atoms with Gasteiger partial charge < -0.3 is 5.11 Å². The van der Waals surface area contributed by atoms with E-state index in [1.165, 1.54) is 30.5 Å². The number of carbonyl (C=O) groups is 2. The van der Waals surface area contributed by atoms with E-state index in [0.717, 1.165) is 0 Å². The second-order valence-electron chi connectivity index (χ2n) is 4.35. The maximum atomic E-state index is 11.6. The summed E-state index contributed by atoms with van der Waals surface area (Å²) in [6.07, 6.45) is 0.954. The van der Waals surface area contributed by atoms with Crippen LogP contribution in [0.2, 0.25) is 0 Å². The molecule has 1 heterocycles. The summed E-state index contributed by atoms with van der Waals surface area (Å²) < 4.78 is 0. The number of nitrogens with zero attached hydrogens (tertiary/aromatic N) is 2. The van der Waals surface area contributed by atoms with Crippen LogP contribution in [-0.4, -0.2) is 38.4 Å². The number of H-pyrrole nitrogens is 2. The average Bonchev–Trinajstić information content (AvgIpc) is 2.50. The minimum Gasteiger partial charge on any atom is -0.478 e. The zero-order valence-corrected chi connectivity index (χ0v) is 11.6. The first-order valence-electron chi connectivity index (χ1n) is 6.29. The van der Waals surface area contributed by atoms with Crippen LogP contribution in [0.3, 0.4) is 0 Å². The lowest BCUT2D eigenvalue weighted by Gasteiger charge is -1.99. The van der Waals surface area contributed by atoms with Gasteiger partial charge in [0.2, 0.25) is 5.91 Å². The molecule has 10 heteroatoms. The lowest BCUT2D eigenvalue weighted by atomic mass is 10.1. The molecule has 4 N–H and O–H groups in total. The standard InChI is InChI=1S/C13H11N5O5/c19-10(5-9-11(20)15-13(23)18-16-9)17-14-6-7-1-3-8(4-2-7)12(21)22/h1-4,6H,5H2,(H,17,19)(H,21,22)(H2,15,18,20,23)/b14-6-.